The molecule has 406 valence electrons. The number of nitrogens with zero attached hydrogens (tertiary/aromatic N) is 2. The van der Waals surface area contributed by atoms with Crippen LogP contribution >= 0.6 is 0 Å². The van der Waals surface area contributed by atoms with Gasteiger partial charge in [-0.1, -0.05) is 103 Å². The van der Waals surface area contributed by atoms with Crippen LogP contribution in [-0.2, 0) is 40.0 Å². The predicted octanol–water partition coefficient (Wildman–Crippen LogP) is -1.15. The van der Waals surface area contributed by atoms with Gasteiger partial charge in [0.25, 0.3) is 0 Å². The zero-order chi connectivity index (χ0) is 53.2. The Morgan fingerprint density at radius 1 is 0.653 bits per heavy atom. The van der Waals surface area contributed by atoms with E-state index in [4.69, 9.17) is 0 Å². The van der Waals surface area contributed by atoms with Crippen molar-refractivity contribution in [2.24, 2.45) is 5.92 Å². The first-order chi connectivity index (χ1) is 34.1. The number of phenolic OH excluding ortho intramolecular Hbond substituents is 1. The van der Waals surface area contributed by atoms with E-state index in [9.17, 15) is 74.4 Å². The van der Waals surface area contributed by atoms with Crippen molar-refractivity contribution in [1.82, 2.24) is 36.4 Å². The average Bonchev–Trinajstić information content (AvgIpc) is 3.87. The maximum absolute atomic E-state index is 14.3. The number of aliphatic hydroxyl groups excluding tert-OH is 7. The van der Waals surface area contributed by atoms with Gasteiger partial charge in [-0.2, -0.15) is 0 Å². The summed E-state index contributed by atoms with van der Waals surface area (Å²) in [6.45, 7) is 5.20. The van der Waals surface area contributed by atoms with Gasteiger partial charge in [0.15, 0.2) is 6.23 Å². The summed E-state index contributed by atoms with van der Waals surface area (Å²) in [7, 11) is 0. The van der Waals surface area contributed by atoms with Crippen molar-refractivity contribution in [2.45, 2.75) is 216 Å². The number of aromatic hydroxyl groups is 1. The number of hydrogen-bond acceptors (Lipinski definition) is 15. The molecule has 4 rings (SSSR count). The smallest absolute Gasteiger partial charge is 0.248 e. The molecule has 22 nitrogen and oxygen atoms in total. The van der Waals surface area contributed by atoms with Gasteiger partial charge in [-0.3, -0.25) is 33.6 Å². The number of unbranched alkanes of at least 4 members (excludes halogenated alkanes) is 12. The summed E-state index contributed by atoms with van der Waals surface area (Å²) < 4.78 is 0. The van der Waals surface area contributed by atoms with Crippen LogP contribution in [0.25, 0.3) is 0 Å². The van der Waals surface area contributed by atoms with Crippen LogP contribution in [0.1, 0.15) is 136 Å². The van der Waals surface area contributed by atoms with Gasteiger partial charge in [0, 0.05) is 44.7 Å². The number of fused-ring (bicyclic) bond motifs is 2. The summed E-state index contributed by atoms with van der Waals surface area (Å²) in [5, 5.41) is 99.4. The van der Waals surface area contributed by atoms with Crippen LogP contribution in [0.2, 0.25) is 0 Å². The highest BCUT2D eigenvalue weighted by atomic mass is 16.3. The molecule has 14 atom stereocenters. The first-order valence-electron chi connectivity index (χ1n) is 25.8. The highest BCUT2D eigenvalue weighted by molar-refractivity contribution is 5.98. The van der Waals surface area contributed by atoms with E-state index in [1.54, 1.807) is 0 Å². The third-order valence-corrected chi connectivity index (χ3v) is 13.9. The second-order valence-electron chi connectivity index (χ2n) is 20.0. The lowest BCUT2D eigenvalue weighted by atomic mass is 9.99. The van der Waals surface area contributed by atoms with Crippen LogP contribution in [0.5, 0.6) is 5.75 Å². The second kappa shape index (κ2) is 29.1. The lowest BCUT2D eigenvalue weighted by Crippen LogP contribution is -2.64. The molecular formula is C50H81N7O15. The summed E-state index contributed by atoms with van der Waals surface area (Å²) in [5.74, 6) is -8.29. The van der Waals surface area contributed by atoms with Crippen molar-refractivity contribution in [3.05, 3.63) is 29.8 Å². The summed E-state index contributed by atoms with van der Waals surface area (Å²) in [5.41, 5.74) is 0.381. The fourth-order valence-electron chi connectivity index (χ4n) is 9.56. The van der Waals surface area contributed by atoms with Gasteiger partial charge in [0.2, 0.25) is 41.4 Å². The Hall–Kier alpha value is -4.97. The summed E-state index contributed by atoms with van der Waals surface area (Å²) in [6, 6.07) is -5.23. The molecular weight excluding hydrogens is 939 g/mol. The van der Waals surface area contributed by atoms with Gasteiger partial charge < -0.3 is 77.2 Å². The number of carbonyl (C=O) groups excluding carboxylic acids is 7. The quantitative estimate of drug-likeness (QED) is 0.0686. The maximum atomic E-state index is 14.3. The number of amides is 7. The van der Waals surface area contributed by atoms with E-state index >= 15 is 0 Å². The fraction of sp³-hybridized carbons (Fsp3) is 0.740. The second-order valence-corrected chi connectivity index (χ2v) is 20.0. The normalized spacial score (nSPS) is 29.5. The molecule has 3 heterocycles. The molecule has 0 aliphatic carbocycles. The minimum atomic E-state index is -2.19. The number of phenols is 1. The Kier molecular flexibility index (Phi) is 24.0. The highest BCUT2D eigenvalue weighted by Crippen LogP contribution is 2.27. The standard InChI is InChI=1S/C50H81N7O15/c1-5-6-7-8-9-10-11-12-13-14-15-16-17-18-38(64)51-34-25-37(63)46(68)55-48(70)42-43(65)28(2)26-57(42)50(72)40(30(4)59)53-47(69)41(36(62)23-31-19-21-32(60)22-20-31)54-45(67)35-24-33(61)27-56(35)49(71)39(29(3)58)52-44(34)66/h19-22,28-30,33-37,39-43,46,58-63,65,68H,5-18,23-27H2,1-4H3,(H,51,64)(H,52,66)(H,53,69)(H,54,67)(H,55,70). The minimum absolute atomic E-state index is 0.0325. The molecule has 3 aliphatic rings. The van der Waals surface area contributed by atoms with Crippen molar-refractivity contribution in [2.75, 3.05) is 13.1 Å². The average molecular weight is 1020 g/mol. The first kappa shape index (κ1) is 59.6. The molecule has 7 amide bonds. The third-order valence-electron chi connectivity index (χ3n) is 13.9. The van der Waals surface area contributed by atoms with Crippen molar-refractivity contribution in [3.8, 4) is 5.75 Å². The molecule has 22 heteroatoms. The Morgan fingerprint density at radius 3 is 1.72 bits per heavy atom. The summed E-state index contributed by atoms with van der Waals surface area (Å²) in [4.78, 5) is 100. The monoisotopic (exact) mass is 1020 g/mol. The van der Waals surface area contributed by atoms with Crippen LogP contribution in [0.4, 0.5) is 0 Å². The molecule has 3 fully saturated rings. The summed E-state index contributed by atoms with van der Waals surface area (Å²) >= 11 is 0. The molecule has 0 aromatic heterocycles. The number of hydrogen-bond donors (Lipinski definition) is 13. The minimum Gasteiger partial charge on any atom is -0.508 e. The van der Waals surface area contributed by atoms with Gasteiger partial charge >= 0.3 is 0 Å². The number of benzene rings is 1. The zero-order valence-electron chi connectivity index (χ0n) is 42.2. The van der Waals surface area contributed by atoms with E-state index in [-0.39, 0.29) is 25.1 Å². The van der Waals surface area contributed by atoms with Crippen molar-refractivity contribution in [3.63, 3.8) is 0 Å². The Morgan fingerprint density at radius 2 is 1.17 bits per heavy atom. The number of carbonyl (C=O) groups is 7. The molecule has 3 aliphatic heterocycles. The number of nitrogens with one attached hydrogen (secondary N) is 5. The SMILES string of the molecule is CCCCCCCCCCCCCCCC(=O)NC1CC(O)C(O)NC(=O)C2C(O)C(C)CN2C(=O)C(C(C)O)NC(=O)C(C(O)Cc2ccc(O)cc2)NC(=O)C2CC(O)CN2C(=O)C(C(C)O)NC1=O. The van der Waals surface area contributed by atoms with Crippen LogP contribution in [0, 0.1) is 5.92 Å². The third kappa shape index (κ3) is 17.3. The van der Waals surface area contributed by atoms with Gasteiger partial charge in [-0.15, -0.1) is 0 Å². The predicted molar refractivity (Wildman–Crippen MR) is 261 cm³/mol. The van der Waals surface area contributed by atoms with Crippen molar-refractivity contribution < 1.29 is 74.4 Å². The van der Waals surface area contributed by atoms with E-state index < -0.39 is 146 Å². The fourth-order valence-corrected chi connectivity index (χ4v) is 9.56. The topological polar surface area (TPSA) is 348 Å². The van der Waals surface area contributed by atoms with Crippen molar-refractivity contribution >= 4 is 41.4 Å². The van der Waals surface area contributed by atoms with E-state index in [0.717, 1.165) is 55.8 Å². The zero-order valence-corrected chi connectivity index (χ0v) is 42.2. The molecule has 14 unspecified atom stereocenters. The number of aliphatic hydroxyl groups is 7. The van der Waals surface area contributed by atoms with Gasteiger partial charge in [-0.05, 0) is 38.0 Å². The van der Waals surface area contributed by atoms with Gasteiger partial charge in [0.1, 0.15) is 48.1 Å². The van der Waals surface area contributed by atoms with Crippen LogP contribution in [0.3, 0.4) is 0 Å². The molecule has 72 heavy (non-hydrogen) atoms. The van der Waals surface area contributed by atoms with E-state index in [1.165, 1.54) is 76.1 Å². The molecule has 13 N–H and O–H groups in total. The molecule has 1 aromatic rings. The largest absolute Gasteiger partial charge is 0.508 e. The molecule has 0 bridgehead atoms. The summed E-state index contributed by atoms with van der Waals surface area (Å²) in [6.07, 6.45) is 0.0763. The van der Waals surface area contributed by atoms with Gasteiger partial charge in [-0.25, -0.2) is 0 Å². The van der Waals surface area contributed by atoms with Crippen LogP contribution in [-0.4, -0.2) is 184 Å². The molecule has 0 spiro atoms. The Bertz CT molecular complexity index is 1940. The molecule has 0 radical (unpaired) electrons. The van der Waals surface area contributed by atoms with E-state index in [0.29, 0.717) is 12.0 Å². The molecule has 3 saturated heterocycles. The first-order valence-corrected chi connectivity index (χ1v) is 25.8. The molecule has 0 saturated carbocycles. The van der Waals surface area contributed by atoms with E-state index in [2.05, 4.69) is 33.5 Å². The van der Waals surface area contributed by atoms with Crippen LogP contribution in [0.15, 0.2) is 24.3 Å². The lowest BCUT2D eigenvalue weighted by molar-refractivity contribution is -0.148. The van der Waals surface area contributed by atoms with Gasteiger partial charge in [0.05, 0.1) is 30.5 Å². The van der Waals surface area contributed by atoms with E-state index in [1.807, 2.05) is 0 Å². The lowest BCUT2D eigenvalue weighted by Gasteiger charge is -2.33. The molecule has 1 aromatic carbocycles. The Balaban J connectivity index is 1.63. The van der Waals surface area contributed by atoms with Crippen molar-refractivity contribution in [1.29, 1.82) is 0 Å². The highest BCUT2D eigenvalue weighted by Gasteiger charge is 2.50. The Labute approximate surface area is 421 Å². The number of rotatable bonds is 20. The van der Waals surface area contributed by atoms with Crippen LogP contribution < -0.4 is 26.6 Å². The maximum Gasteiger partial charge on any atom is 0.248 e.